The molecule has 2 aromatic rings. The van der Waals surface area contributed by atoms with Gasteiger partial charge in [0.25, 0.3) is 5.56 Å². The first-order chi connectivity index (χ1) is 13.2. The molecule has 2 amide bonds. The Bertz CT molecular complexity index is 968. The van der Waals surface area contributed by atoms with Crippen LogP contribution in [0.15, 0.2) is 29.1 Å². The molecule has 0 saturated carbocycles. The van der Waals surface area contributed by atoms with Gasteiger partial charge in [-0.2, -0.15) is 13.2 Å². The highest BCUT2D eigenvalue weighted by Crippen LogP contribution is 2.25. The van der Waals surface area contributed by atoms with Gasteiger partial charge in [-0.05, 0) is 49.3 Å². The van der Waals surface area contributed by atoms with Crippen molar-refractivity contribution in [3.05, 3.63) is 45.7 Å². The van der Waals surface area contributed by atoms with Crippen LogP contribution in [0.4, 0.5) is 13.2 Å². The van der Waals surface area contributed by atoms with Gasteiger partial charge in [0, 0.05) is 24.2 Å². The summed E-state index contributed by atoms with van der Waals surface area (Å²) in [6.07, 6.45) is -4.25. The van der Waals surface area contributed by atoms with Crippen LogP contribution in [0.5, 0.6) is 0 Å². The van der Waals surface area contributed by atoms with Crippen molar-refractivity contribution in [2.45, 2.75) is 38.4 Å². The maximum atomic E-state index is 12.6. The van der Waals surface area contributed by atoms with Gasteiger partial charge in [-0.25, -0.2) is 0 Å². The fourth-order valence-corrected chi connectivity index (χ4v) is 3.43. The third-order valence-corrected chi connectivity index (χ3v) is 4.83. The number of aryl methyl sites for hydroxylation is 1. The summed E-state index contributed by atoms with van der Waals surface area (Å²) in [5.74, 6) is -2.63. The number of fused-ring (bicyclic) bond motifs is 1. The fraction of sp³-hybridized carbons (Fsp3) is 0.421. The number of nitrogens with zero attached hydrogens (tertiary/aromatic N) is 1. The number of carbonyl (C=O) groups is 2. The van der Waals surface area contributed by atoms with Crippen LogP contribution in [0, 0.1) is 6.92 Å². The number of pyridine rings is 1. The summed E-state index contributed by atoms with van der Waals surface area (Å²) in [4.78, 5) is 39.2. The Labute approximate surface area is 158 Å². The smallest absolute Gasteiger partial charge is 0.354 e. The third-order valence-electron chi connectivity index (χ3n) is 4.83. The lowest BCUT2D eigenvalue weighted by Gasteiger charge is -2.24. The minimum Gasteiger partial charge on any atom is -0.354 e. The van der Waals surface area contributed by atoms with E-state index in [0.29, 0.717) is 22.4 Å². The Morgan fingerprint density at radius 1 is 1.29 bits per heavy atom. The van der Waals surface area contributed by atoms with Gasteiger partial charge in [0.1, 0.15) is 6.04 Å². The maximum absolute atomic E-state index is 12.6. The number of amides is 2. The third kappa shape index (κ3) is 4.18. The highest BCUT2D eigenvalue weighted by Gasteiger charge is 2.47. The minimum atomic E-state index is -5.00. The first-order valence-corrected chi connectivity index (χ1v) is 8.95. The first kappa shape index (κ1) is 19.9. The summed E-state index contributed by atoms with van der Waals surface area (Å²) in [7, 11) is 0. The predicted octanol–water partition coefficient (Wildman–Crippen LogP) is 2.05. The molecule has 0 radical (unpaired) electrons. The van der Waals surface area contributed by atoms with Crippen molar-refractivity contribution in [3.8, 4) is 0 Å². The molecule has 6 nitrogen and oxygen atoms in total. The Morgan fingerprint density at radius 3 is 2.75 bits per heavy atom. The van der Waals surface area contributed by atoms with E-state index in [2.05, 4.69) is 10.3 Å². The lowest BCUT2D eigenvalue weighted by Crippen LogP contribution is -2.50. The fourth-order valence-electron chi connectivity index (χ4n) is 3.43. The number of likely N-dealkylation sites (tertiary alicyclic amines) is 1. The molecule has 1 aromatic heterocycles. The zero-order chi connectivity index (χ0) is 20.5. The van der Waals surface area contributed by atoms with Gasteiger partial charge in [-0.15, -0.1) is 0 Å². The maximum Gasteiger partial charge on any atom is 0.471 e. The van der Waals surface area contributed by atoms with Crippen molar-refractivity contribution in [2.75, 3.05) is 13.1 Å². The molecular formula is C19H20F3N3O3. The number of alkyl halides is 3. The second-order valence-corrected chi connectivity index (χ2v) is 6.91. The number of aromatic amines is 1. The van der Waals surface area contributed by atoms with Crippen molar-refractivity contribution in [2.24, 2.45) is 0 Å². The summed E-state index contributed by atoms with van der Waals surface area (Å²) in [6, 6.07) is 6.25. The van der Waals surface area contributed by atoms with Gasteiger partial charge in [0.2, 0.25) is 5.91 Å². The molecule has 150 valence electrons. The van der Waals surface area contributed by atoms with E-state index in [1.54, 1.807) is 6.07 Å². The second-order valence-electron chi connectivity index (χ2n) is 6.91. The normalized spacial score (nSPS) is 17.1. The number of nitrogens with one attached hydrogen (secondary N) is 2. The van der Waals surface area contributed by atoms with Gasteiger partial charge in [0.05, 0.1) is 0 Å². The quantitative estimate of drug-likeness (QED) is 0.831. The standard InChI is InChI=1S/C19H20F3N3O3/c1-11-4-5-12-10-13(16(26)24-14(12)9-11)6-7-23-17(27)15-3-2-8-25(15)18(28)19(20,21)22/h4-5,9-10,15H,2-3,6-8H2,1H3,(H,23,27)(H,24,26). The van der Waals surface area contributed by atoms with Crippen molar-refractivity contribution in [3.63, 3.8) is 0 Å². The number of hydrogen-bond donors (Lipinski definition) is 2. The Balaban J connectivity index is 1.63. The van der Waals surface area contributed by atoms with Crippen LogP contribution in [0.1, 0.15) is 24.0 Å². The zero-order valence-electron chi connectivity index (χ0n) is 15.2. The van der Waals surface area contributed by atoms with Crippen LogP contribution in [-0.4, -0.2) is 47.0 Å². The van der Waals surface area contributed by atoms with E-state index < -0.39 is 24.0 Å². The van der Waals surface area contributed by atoms with Crippen LogP contribution in [0.2, 0.25) is 0 Å². The monoisotopic (exact) mass is 395 g/mol. The Kier molecular flexibility index (Phi) is 5.44. The molecule has 0 bridgehead atoms. The van der Waals surface area contributed by atoms with Gasteiger partial charge >= 0.3 is 12.1 Å². The molecule has 1 unspecified atom stereocenters. The van der Waals surface area contributed by atoms with Crippen molar-refractivity contribution in [1.82, 2.24) is 15.2 Å². The first-order valence-electron chi connectivity index (χ1n) is 8.95. The number of halogens is 3. The van der Waals surface area contributed by atoms with Crippen LogP contribution in [-0.2, 0) is 16.0 Å². The largest absolute Gasteiger partial charge is 0.471 e. The number of aromatic nitrogens is 1. The van der Waals surface area contributed by atoms with E-state index in [1.807, 2.05) is 25.1 Å². The van der Waals surface area contributed by atoms with Gasteiger partial charge in [-0.1, -0.05) is 12.1 Å². The molecule has 1 aromatic carbocycles. The van der Waals surface area contributed by atoms with Crippen LogP contribution in [0.3, 0.4) is 0 Å². The number of hydrogen-bond acceptors (Lipinski definition) is 3. The van der Waals surface area contributed by atoms with Crippen molar-refractivity contribution in [1.29, 1.82) is 0 Å². The lowest BCUT2D eigenvalue weighted by atomic mass is 10.1. The average molecular weight is 395 g/mol. The van der Waals surface area contributed by atoms with Gasteiger partial charge in [-0.3, -0.25) is 14.4 Å². The molecule has 1 saturated heterocycles. The molecule has 1 aliphatic rings. The molecule has 9 heteroatoms. The number of H-pyrrole nitrogens is 1. The Morgan fingerprint density at radius 2 is 2.04 bits per heavy atom. The lowest BCUT2D eigenvalue weighted by molar-refractivity contribution is -0.186. The molecule has 0 spiro atoms. The molecule has 1 aliphatic heterocycles. The molecule has 1 atom stereocenters. The van der Waals surface area contributed by atoms with E-state index in [9.17, 15) is 27.6 Å². The highest BCUT2D eigenvalue weighted by molar-refractivity contribution is 5.90. The SMILES string of the molecule is Cc1ccc2cc(CCNC(=O)C3CCCN3C(=O)C(F)(F)F)c(=O)[nH]c2c1. The van der Waals surface area contributed by atoms with E-state index in [1.165, 1.54) is 0 Å². The van der Waals surface area contributed by atoms with E-state index in [4.69, 9.17) is 0 Å². The Hall–Kier alpha value is -2.84. The second kappa shape index (κ2) is 7.65. The summed E-state index contributed by atoms with van der Waals surface area (Å²) < 4.78 is 37.9. The van der Waals surface area contributed by atoms with E-state index >= 15 is 0 Å². The average Bonchev–Trinajstić information content (AvgIpc) is 3.10. The summed E-state index contributed by atoms with van der Waals surface area (Å²) in [5, 5.41) is 3.39. The van der Waals surface area contributed by atoms with Crippen molar-refractivity contribution >= 4 is 22.7 Å². The number of carbonyl (C=O) groups excluding carboxylic acids is 2. The van der Waals surface area contributed by atoms with Crippen LogP contribution < -0.4 is 10.9 Å². The molecular weight excluding hydrogens is 375 g/mol. The van der Waals surface area contributed by atoms with Crippen LogP contribution in [0.25, 0.3) is 10.9 Å². The summed E-state index contributed by atoms with van der Waals surface area (Å²) in [5.41, 5.74) is 1.91. The predicted molar refractivity (Wildman–Crippen MR) is 96.8 cm³/mol. The van der Waals surface area contributed by atoms with Crippen molar-refractivity contribution < 1.29 is 22.8 Å². The number of benzene rings is 1. The van der Waals surface area contributed by atoms with Gasteiger partial charge in [0.15, 0.2) is 0 Å². The summed E-state index contributed by atoms with van der Waals surface area (Å²) >= 11 is 0. The minimum absolute atomic E-state index is 0.0871. The van der Waals surface area contributed by atoms with Crippen LogP contribution >= 0.6 is 0 Å². The molecule has 0 aliphatic carbocycles. The van der Waals surface area contributed by atoms with Gasteiger partial charge < -0.3 is 15.2 Å². The summed E-state index contributed by atoms with van der Waals surface area (Å²) in [6.45, 7) is 1.90. The van der Waals surface area contributed by atoms with E-state index in [-0.39, 0.29) is 31.5 Å². The highest BCUT2D eigenvalue weighted by atomic mass is 19.4. The zero-order valence-corrected chi connectivity index (χ0v) is 15.2. The molecule has 3 rings (SSSR count). The molecule has 2 N–H and O–H groups in total. The molecule has 28 heavy (non-hydrogen) atoms. The molecule has 2 heterocycles. The van der Waals surface area contributed by atoms with E-state index in [0.717, 1.165) is 10.9 Å². The number of rotatable bonds is 4. The molecule has 1 fully saturated rings. The topological polar surface area (TPSA) is 82.3 Å².